The van der Waals surface area contributed by atoms with Crippen LogP contribution in [-0.4, -0.2) is 49.0 Å². The predicted octanol–water partition coefficient (Wildman–Crippen LogP) is 2.78. The number of para-hydroxylation sites is 3. The van der Waals surface area contributed by atoms with Crippen molar-refractivity contribution in [2.75, 3.05) is 36.4 Å². The second kappa shape index (κ2) is 8.87. The van der Waals surface area contributed by atoms with Crippen LogP contribution in [-0.2, 0) is 9.59 Å². The Morgan fingerprint density at radius 1 is 1.07 bits per heavy atom. The van der Waals surface area contributed by atoms with Crippen LogP contribution in [0.15, 0.2) is 48.5 Å². The summed E-state index contributed by atoms with van der Waals surface area (Å²) < 4.78 is 6.01. The molecule has 0 unspecified atom stereocenters. The van der Waals surface area contributed by atoms with Crippen molar-refractivity contribution >= 4 is 23.2 Å². The molecule has 0 aliphatic carbocycles. The molecule has 0 radical (unpaired) electrons. The minimum Gasteiger partial charge on any atom is -0.477 e. The summed E-state index contributed by atoms with van der Waals surface area (Å²) in [4.78, 5) is 29.5. The maximum absolute atomic E-state index is 13.0. The summed E-state index contributed by atoms with van der Waals surface area (Å²) in [5.41, 5.74) is 1.67. The van der Waals surface area contributed by atoms with Crippen molar-refractivity contribution in [1.82, 2.24) is 4.90 Å². The smallest absolute Gasteiger partial charge is 0.265 e. The van der Waals surface area contributed by atoms with Crippen LogP contribution in [0.25, 0.3) is 0 Å². The zero-order valence-corrected chi connectivity index (χ0v) is 16.7. The van der Waals surface area contributed by atoms with E-state index in [0.717, 1.165) is 38.0 Å². The Balaban J connectivity index is 1.50. The summed E-state index contributed by atoms with van der Waals surface area (Å²) in [6, 6.07) is 16.4. The highest BCUT2D eigenvalue weighted by atomic mass is 16.5. The fourth-order valence-corrected chi connectivity index (χ4v) is 3.96. The van der Waals surface area contributed by atoms with E-state index < -0.39 is 6.10 Å². The minimum atomic E-state index is -0.641. The van der Waals surface area contributed by atoms with Gasteiger partial charge in [0.05, 0.1) is 30.0 Å². The van der Waals surface area contributed by atoms with Crippen molar-refractivity contribution < 1.29 is 14.3 Å². The molecule has 1 N–H and O–H groups in total. The van der Waals surface area contributed by atoms with Gasteiger partial charge in [0.25, 0.3) is 5.91 Å². The molecule has 2 aromatic rings. The molecule has 4 rings (SSSR count). The quantitative estimate of drug-likeness (QED) is 0.847. The van der Waals surface area contributed by atoms with Crippen LogP contribution in [0, 0.1) is 11.3 Å². The van der Waals surface area contributed by atoms with E-state index in [1.165, 1.54) is 0 Å². The lowest BCUT2D eigenvalue weighted by Gasteiger charge is -2.38. The number of anilines is 2. The number of nitrogens with one attached hydrogen (secondary N) is 1. The molecule has 0 bridgehead atoms. The molecule has 30 heavy (non-hydrogen) atoms. The number of benzene rings is 2. The Bertz CT molecular complexity index is 978. The van der Waals surface area contributed by atoms with Crippen molar-refractivity contribution in [1.29, 1.82) is 5.26 Å². The summed E-state index contributed by atoms with van der Waals surface area (Å²) in [5, 5.41) is 12.0. The van der Waals surface area contributed by atoms with Gasteiger partial charge in [0.15, 0.2) is 6.10 Å². The zero-order chi connectivity index (χ0) is 20.9. The standard InChI is InChI=1S/C23H24N4O3/c24-14-17-8-2-3-9-18(17)25-22(28)16-27-15-21(23(29)26-12-6-1-7-13-26)30-20-11-5-4-10-19(20)27/h2-5,8-11,21H,1,6-7,12-13,15-16H2,(H,25,28)/t21-/m1/s1. The number of hydrogen-bond donors (Lipinski definition) is 1. The van der Waals surface area contributed by atoms with Crippen LogP contribution in [0.5, 0.6) is 5.75 Å². The van der Waals surface area contributed by atoms with Gasteiger partial charge in [-0.2, -0.15) is 5.26 Å². The molecule has 0 saturated carbocycles. The lowest BCUT2D eigenvalue weighted by Crippen LogP contribution is -2.52. The molecule has 1 saturated heterocycles. The van der Waals surface area contributed by atoms with E-state index in [-0.39, 0.29) is 18.4 Å². The molecule has 2 aliphatic heterocycles. The third-order valence-corrected chi connectivity index (χ3v) is 5.46. The predicted molar refractivity (Wildman–Crippen MR) is 113 cm³/mol. The first-order chi connectivity index (χ1) is 14.7. The third-order valence-electron chi connectivity index (χ3n) is 5.46. The largest absolute Gasteiger partial charge is 0.477 e. The van der Waals surface area contributed by atoms with Gasteiger partial charge in [-0.15, -0.1) is 0 Å². The molecule has 2 aromatic carbocycles. The van der Waals surface area contributed by atoms with Crippen LogP contribution in [0.3, 0.4) is 0 Å². The van der Waals surface area contributed by atoms with Gasteiger partial charge in [0.2, 0.25) is 5.91 Å². The van der Waals surface area contributed by atoms with Crippen LogP contribution in [0.4, 0.5) is 11.4 Å². The van der Waals surface area contributed by atoms with E-state index in [4.69, 9.17) is 4.74 Å². The topological polar surface area (TPSA) is 85.7 Å². The van der Waals surface area contributed by atoms with E-state index >= 15 is 0 Å². The summed E-state index contributed by atoms with van der Waals surface area (Å²) in [6.07, 6.45) is 2.53. The SMILES string of the molecule is N#Cc1ccccc1NC(=O)CN1C[C@H](C(=O)N2CCCCC2)Oc2ccccc21. The number of ether oxygens (including phenoxy) is 1. The van der Waals surface area contributed by atoms with E-state index in [1.807, 2.05) is 34.1 Å². The highest BCUT2D eigenvalue weighted by Gasteiger charge is 2.34. The first-order valence-corrected chi connectivity index (χ1v) is 10.2. The monoisotopic (exact) mass is 404 g/mol. The van der Waals surface area contributed by atoms with Gasteiger partial charge in [-0.05, 0) is 43.5 Å². The number of carbonyl (C=O) groups is 2. The Hall–Kier alpha value is -3.53. The summed E-state index contributed by atoms with van der Waals surface area (Å²) >= 11 is 0. The van der Waals surface area contributed by atoms with Gasteiger partial charge >= 0.3 is 0 Å². The molecular formula is C23H24N4O3. The second-order valence-electron chi connectivity index (χ2n) is 7.55. The number of likely N-dealkylation sites (tertiary alicyclic amines) is 1. The van der Waals surface area contributed by atoms with Crippen LogP contribution in [0.2, 0.25) is 0 Å². The van der Waals surface area contributed by atoms with Gasteiger partial charge in [0, 0.05) is 13.1 Å². The fourth-order valence-electron chi connectivity index (χ4n) is 3.96. The van der Waals surface area contributed by atoms with Gasteiger partial charge in [-0.25, -0.2) is 0 Å². The van der Waals surface area contributed by atoms with E-state index in [0.29, 0.717) is 23.5 Å². The molecule has 1 atom stereocenters. The molecule has 1 fully saturated rings. The van der Waals surface area contributed by atoms with Crippen molar-refractivity contribution in [2.45, 2.75) is 25.4 Å². The summed E-state index contributed by atoms with van der Waals surface area (Å²) in [6.45, 7) is 1.88. The molecular weight excluding hydrogens is 380 g/mol. The normalized spacial score (nSPS) is 18.0. The second-order valence-corrected chi connectivity index (χ2v) is 7.55. The van der Waals surface area contributed by atoms with Gasteiger partial charge in [-0.3, -0.25) is 9.59 Å². The van der Waals surface area contributed by atoms with E-state index in [2.05, 4.69) is 11.4 Å². The van der Waals surface area contributed by atoms with E-state index in [9.17, 15) is 14.9 Å². The lowest BCUT2D eigenvalue weighted by molar-refractivity contribution is -0.139. The van der Waals surface area contributed by atoms with Crippen molar-refractivity contribution in [2.24, 2.45) is 0 Å². The number of fused-ring (bicyclic) bond motifs is 1. The molecule has 0 aromatic heterocycles. The molecule has 0 spiro atoms. The molecule has 7 nitrogen and oxygen atoms in total. The van der Waals surface area contributed by atoms with Crippen molar-refractivity contribution in [3.8, 4) is 11.8 Å². The molecule has 2 amide bonds. The van der Waals surface area contributed by atoms with Gasteiger partial charge in [-0.1, -0.05) is 24.3 Å². The maximum atomic E-state index is 13.0. The lowest BCUT2D eigenvalue weighted by atomic mass is 10.1. The van der Waals surface area contributed by atoms with Crippen molar-refractivity contribution in [3.63, 3.8) is 0 Å². The zero-order valence-electron chi connectivity index (χ0n) is 16.7. The summed E-state index contributed by atoms with van der Waals surface area (Å²) in [7, 11) is 0. The van der Waals surface area contributed by atoms with Gasteiger partial charge < -0.3 is 19.9 Å². The first-order valence-electron chi connectivity index (χ1n) is 10.2. The Morgan fingerprint density at radius 3 is 2.60 bits per heavy atom. The Labute approximate surface area is 175 Å². The number of piperidine rings is 1. The van der Waals surface area contributed by atoms with Crippen LogP contribution >= 0.6 is 0 Å². The number of nitrogens with zero attached hydrogens (tertiary/aromatic N) is 3. The summed E-state index contributed by atoms with van der Waals surface area (Å²) in [5.74, 6) is 0.326. The molecule has 2 aliphatic rings. The minimum absolute atomic E-state index is 0.0237. The number of hydrogen-bond acceptors (Lipinski definition) is 5. The van der Waals surface area contributed by atoms with Crippen LogP contribution < -0.4 is 15.0 Å². The van der Waals surface area contributed by atoms with Crippen molar-refractivity contribution in [3.05, 3.63) is 54.1 Å². The molecule has 154 valence electrons. The number of amides is 2. The fraction of sp³-hybridized carbons (Fsp3) is 0.348. The molecule has 2 heterocycles. The van der Waals surface area contributed by atoms with Gasteiger partial charge in [0.1, 0.15) is 11.8 Å². The number of nitriles is 1. The maximum Gasteiger partial charge on any atom is 0.265 e. The Kier molecular flexibility index (Phi) is 5.84. The van der Waals surface area contributed by atoms with Crippen LogP contribution in [0.1, 0.15) is 24.8 Å². The average molecular weight is 404 g/mol. The highest BCUT2D eigenvalue weighted by molar-refractivity contribution is 5.96. The first kappa shape index (κ1) is 19.8. The van der Waals surface area contributed by atoms with E-state index in [1.54, 1.807) is 24.3 Å². The molecule has 7 heteroatoms. The number of rotatable bonds is 4. The third kappa shape index (κ3) is 4.23. The highest BCUT2D eigenvalue weighted by Crippen LogP contribution is 2.33. The number of carbonyl (C=O) groups excluding carboxylic acids is 2. The average Bonchev–Trinajstić information content (AvgIpc) is 2.79. The Morgan fingerprint density at radius 2 is 1.80 bits per heavy atom.